The highest BCUT2D eigenvalue weighted by Crippen LogP contribution is 2.28. The van der Waals surface area contributed by atoms with E-state index in [0.717, 1.165) is 12.8 Å². The van der Waals surface area contributed by atoms with Crippen LogP contribution < -0.4 is 0 Å². The van der Waals surface area contributed by atoms with Gasteiger partial charge in [-0.2, -0.15) is 5.10 Å². The third kappa shape index (κ3) is 3.34. The van der Waals surface area contributed by atoms with Crippen LogP contribution in [0.4, 0.5) is 0 Å². The number of amides is 1. The summed E-state index contributed by atoms with van der Waals surface area (Å²) in [4.78, 5) is 28.9. The molecule has 0 aromatic carbocycles. The van der Waals surface area contributed by atoms with Crippen molar-refractivity contribution in [3.05, 3.63) is 12.7 Å². The van der Waals surface area contributed by atoms with E-state index in [1.165, 1.54) is 6.33 Å². The molecule has 110 valence electrons. The van der Waals surface area contributed by atoms with Crippen LogP contribution in [0.5, 0.6) is 0 Å². The third-order valence-electron chi connectivity index (χ3n) is 3.79. The molecule has 0 unspecified atom stereocenters. The molecule has 1 aliphatic rings. The van der Waals surface area contributed by atoms with E-state index in [9.17, 15) is 14.7 Å². The number of aryl methyl sites for hydroxylation is 1. The molecule has 1 aromatic heterocycles. The lowest BCUT2D eigenvalue weighted by Gasteiger charge is -2.16. The fourth-order valence-electron chi connectivity index (χ4n) is 2.73. The number of carboxylic acids is 1. The van der Waals surface area contributed by atoms with Gasteiger partial charge in [0, 0.05) is 19.5 Å². The molecule has 1 saturated heterocycles. The molecule has 0 radical (unpaired) electrons. The zero-order valence-electron chi connectivity index (χ0n) is 11.6. The van der Waals surface area contributed by atoms with Crippen molar-refractivity contribution in [1.82, 2.24) is 19.7 Å². The first-order valence-electron chi connectivity index (χ1n) is 6.94. The van der Waals surface area contributed by atoms with Gasteiger partial charge in [-0.05, 0) is 12.3 Å². The average Bonchev–Trinajstić information content (AvgIpc) is 3.05. The first-order chi connectivity index (χ1) is 9.61. The van der Waals surface area contributed by atoms with Gasteiger partial charge in [-0.15, -0.1) is 0 Å². The third-order valence-corrected chi connectivity index (χ3v) is 3.79. The van der Waals surface area contributed by atoms with Gasteiger partial charge >= 0.3 is 5.97 Å². The van der Waals surface area contributed by atoms with Crippen molar-refractivity contribution in [2.24, 2.45) is 11.8 Å². The standard InChI is InChI=1S/C13H20N4O3/c1-2-3-10-6-16(7-11(10)13(19)20)12(18)4-5-17-9-14-8-15-17/h8-11H,2-7H2,1H3,(H,19,20)/t10-,11-/m1/s1. The molecule has 1 aliphatic heterocycles. The first kappa shape index (κ1) is 14.5. The first-order valence-corrected chi connectivity index (χ1v) is 6.94. The summed E-state index contributed by atoms with van der Waals surface area (Å²) in [6.45, 7) is 3.40. The van der Waals surface area contributed by atoms with E-state index < -0.39 is 11.9 Å². The second-order valence-electron chi connectivity index (χ2n) is 5.20. The maximum atomic E-state index is 12.1. The predicted molar refractivity (Wildman–Crippen MR) is 70.7 cm³/mol. The summed E-state index contributed by atoms with van der Waals surface area (Å²) in [5.74, 6) is -1.15. The SMILES string of the molecule is CCC[C@@H]1CN(C(=O)CCn2cncn2)C[C@H]1C(=O)O. The minimum Gasteiger partial charge on any atom is -0.481 e. The molecule has 2 atom stereocenters. The second kappa shape index (κ2) is 6.49. The maximum Gasteiger partial charge on any atom is 0.308 e. The van der Waals surface area contributed by atoms with Crippen LogP contribution in [0.3, 0.4) is 0 Å². The van der Waals surface area contributed by atoms with E-state index in [1.54, 1.807) is 15.9 Å². The van der Waals surface area contributed by atoms with Crippen LogP contribution in [0.15, 0.2) is 12.7 Å². The van der Waals surface area contributed by atoms with E-state index >= 15 is 0 Å². The van der Waals surface area contributed by atoms with E-state index in [1.807, 2.05) is 6.92 Å². The molecule has 2 rings (SSSR count). The maximum absolute atomic E-state index is 12.1. The number of nitrogens with zero attached hydrogens (tertiary/aromatic N) is 4. The van der Waals surface area contributed by atoms with Crippen LogP contribution in [0.25, 0.3) is 0 Å². The summed E-state index contributed by atoms with van der Waals surface area (Å²) in [6, 6.07) is 0. The lowest BCUT2D eigenvalue weighted by Crippen LogP contribution is -2.30. The molecule has 7 heteroatoms. The monoisotopic (exact) mass is 280 g/mol. The van der Waals surface area contributed by atoms with Gasteiger partial charge in [0.2, 0.25) is 5.91 Å². The van der Waals surface area contributed by atoms with Crippen molar-refractivity contribution < 1.29 is 14.7 Å². The van der Waals surface area contributed by atoms with Crippen LogP contribution in [0.1, 0.15) is 26.2 Å². The smallest absolute Gasteiger partial charge is 0.308 e. The van der Waals surface area contributed by atoms with Crippen LogP contribution >= 0.6 is 0 Å². The van der Waals surface area contributed by atoms with Crippen molar-refractivity contribution >= 4 is 11.9 Å². The van der Waals surface area contributed by atoms with Crippen molar-refractivity contribution in [2.75, 3.05) is 13.1 Å². The molecule has 1 N–H and O–H groups in total. The van der Waals surface area contributed by atoms with Gasteiger partial charge < -0.3 is 10.0 Å². The molecule has 0 aliphatic carbocycles. The van der Waals surface area contributed by atoms with Crippen LogP contribution in [0.2, 0.25) is 0 Å². The molecule has 7 nitrogen and oxygen atoms in total. The van der Waals surface area contributed by atoms with Crippen molar-refractivity contribution in [2.45, 2.75) is 32.7 Å². The Morgan fingerprint density at radius 3 is 2.80 bits per heavy atom. The summed E-state index contributed by atoms with van der Waals surface area (Å²) < 4.78 is 1.60. The van der Waals surface area contributed by atoms with Gasteiger partial charge in [0.25, 0.3) is 0 Å². The largest absolute Gasteiger partial charge is 0.481 e. The predicted octanol–water partition coefficient (Wildman–Crippen LogP) is 0.628. The lowest BCUT2D eigenvalue weighted by atomic mass is 9.92. The van der Waals surface area contributed by atoms with E-state index in [2.05, 4.69) is 10.1 Å². The number of hydrogen-bond acceptors (Lipinski definition) is 4. The molecule has 1 fully saturated rings. The molecular weight excluding hydrogens is 260 g/mol. The van der Waals surface area contributed by atoms with Crippen molar-refractivity contribution in [3.8, 4) is 0 Å². The summed E-state index contributed by atoms with van der Waals surface area (Å²) in [7, 11) is 0. The fraction of sp³-hybridized carbons (Fsp3) is 0.692. The van der Waals surface area contributed by atoms with Crippen LogP contribution in [-0.2, 0) is 16.1 Å². The summed E-state index contributed by atoms with van der Waals surface area (Å²) >= 11 is 0. The number of aliphatic carboxylic acids is 1. The highest BCUT2D eigenvalue weighted by Gasteiger charge is 2.38. The number of hydrogen-bond donors (Lipinski definition) is 1. The van der Waals surface area contributed by atoms with E-state index in [0.29, 0.717) is 26.1 Å². The Hall–Kier alpha value is -1.92. The van der Waals surface area contributed by atoms with Gasteiger partial charge in [0.1, 0.15) is 12.7 Å². The van der Waals surface area contributed by atoms with Crippen LogP contribution in [0, 0.1) is 11.8 Å². The molecule has 0 bridgehead atoms. The number of carbonyl (C=O) groups is 2. The minimum absolute atomic E-state index is 0.00893. The number of rotatable bonds is 6. The zero-order valence-corrected chi connectivity index (χ0v) is 11.6. The normalized spacial score (nSPS) is 22.1. The highest BCUT2D eigenvalue weighted by atomic mass is 16.4. The Kier molecular flexibility index (Phi) is 4.70. The summed E-state index contributed by atoms with van der Waals surface area (Å²) in [5.41, 5.74) is 0. The fourth-order valence-corrected chi connectivity index (χ4v) is 2.73. The van der Waals surface area contributed by atoms with Crippen molar-refractivity contribution in [1.29, 1.82) is 0 Å². The van der Waals surface area contributed by atoms with Gasteiger partial charge in [-0.3, -0.25) is 14.3 Å². The molecule has 20 heavy (non-hydrogen) atoms. The van der Waals surface area contributed by atoms with Gasteiger partial charge in [0.15, 0.2) is 0 Å². The Morgan fingerprint density at radius 2 is 2.20 bits per heavy atom. The molecule has 0 spiro atoms. The average molecular weight is 280 g/mol. The minimum atomic E-state index is -0.796. The lowest BCUT2D eigenvalue weighted by molar-refractivity contribution is -0.142. The quantitative estimate of drug-likeness (QED) is 0.825. The van der Waals surface area contributed by atoms with Gasteiger partial charge in [-0.1, -0.05) is 13.3 Å². The van der Waals surface area contributed by atoms with Crippen LogP contribution in [-0.4, -0.2) is 49.7 Å². The Morgan fingerprint density at radius 1 is 1.40 bits per heavy atom. The molecule has 1 aromatic rings. The molecule has 0 saturated carbocycles. The number of aromatic nitrogens is 3. The number of carbonyl (C=O) groups excluding carboxylic acids is 1. The van der Waals surface area contributed by atoms with Crippen molar-refractivity contribution in [3.63, 3.8) is 0 Å². The molecular formula is C13H20N4O3. The number of likely N-dealkylation sites (tertiary alicyclic amines) is 1. The Labute approximate surface area is 117 Å². The van der Waals surface area contributed by atoms with E-state index in [4.69, 9.17) is 0 Å². The van der Waals surface area contributed by atoms with E-state index in [-0.39, 0.29) is 11.8 Å². The molecule has 2 heterocycles. The summed E-state index contributed by atoms with van der Waals surface area (Å²) in [5, 5.41) is 13.2. The van der Waals surface area contributed by atoms with Gasteiger partial charge in [-0.25, -0.2) is 4.98 Å². The second-order valence-corrected chi connectivity index (χ2v) is 5.20. The highest BCUT2D eigenvalue weighted by molar-refractivity contribution is 5.79. The Bertz CT molecular complexity index is 460. The topological polar surface area (TPSA) is 88.3 Å². The summed E-state index contributed by atoms with van der Waals surface area (Å²) in [6.07, 6.45) is 5.11. The Balaban J connectivity index is 1.89. The molecule has 1 amide bonds. The van der Waals surface area contributed by atoms with Gasteiger partial charge in [0.05, 0.1) is 12.5 Å². The number of carboxylic acid groups (broad SMARTS) is 1. The zero-order chi connectivity index (χ0) is 14.5.